The minimum Gasteiger partial charge on any atom is -0.483 e. The molecule has 2 atom stereocenters. The van der Waals surface area contributed by atoms with Gasteiger partial charge in [0.15, 0.2) is 0 Å². The van der Waals surface area contributed by atoms with Crippen LogP contribution in [0.25, 0.3) is 0 Å². The van der Waals surface area contributed by atoms with Crippen molar-refractivity contribution in [3.63, 3.8) is 0 Å². The molecule has 4 N–H and O–H groups in total. The van der Waals surface area contributed by atoms with Gasteiger partial charge in [0.1, 0.15) is 5.41 Å². The molecule has 0 aliphatic carbocycles. The SMILES string of the molecule is CNC(=O)CN1CC[C@](Cc2ccccc2)(C(=O)O)[C@@H](O)C1.O=CO. The highest BCUT2D eigenvalue weighted by atomic mass is 16.4. The number of piperidine rings is 1. The molecule has 8 nitrogen and oxygen atoms in total. The maximum atomic E-state index is 11.8. The Kier molecular flexibility index (Phi) is 8.03. The fourth-order valence-electron chi connectivity index (χ4n) is 2.95. The molecule has 1 aromatic rings. The van der Waals surface area contributed by atoms with E-state index in [0.717, 1.165) is 5.56 Å². The normalized spacial score (nSPS) is 23.0. The van der Waals surface area contributed by atoms with E-state index in [-0.39, 0.29) is 31.9 Å². The Balaban J connectivity index is 0.000000970. The number of carbonyl (C=O) groups excluding carboxylic acids is 1. The van der Waals surface area contributed by atoms with Gasteiger partial charge in [-0.1, -0.05) is 30.3 Å². The molecule has 1 aliphatic heterocycles. The topological polar surface area (TPSA) is 127 Å². The Morgan fingerprint density at radius 3 is 2.44 bits per heavy atom. The van der Waals surface area contributed by atoms with E-state index in [0.29, 0.717) is 13.0 Å². The third kappa shape index (κ3) is 5.54. The fourth-order valence-corrected chi connectivity index (χ4v) is 2.95. The number of carboxylic acids is 1. The molecular weight excluding hydrogens is 328 g/mol. The van der Waals surface area contributed by atoms with Gasteiger partial charge in [-0.25, -0.2) is 0 Å². The Morgan fingerprint density at radius 1 is 1.36 bits per heavy atom. The van der Waals surface area contributed by atoms with Crippen LogP contribution in [0.4, 0.5) is 0 Å². The zero-order valence-corrected chi connectivity index (χ0v) is 14.1. The number of hydrogen-bond donors (Lipinski definition) is 4. The summed E-state index contributed by atoms with van der Waals surface area (Å²) in [6, 6.07) is 9.33. The molecule has 1 heterocycles. The molecule has 2 rings (SSSR count). The standard InChI is InChI=1S/C16H22N2O4.CH2O2/c1-17-14(20)11-18-8-7-16(15(21)22,13(19)10-18)9-12-5-3-2-4-6-12;2-1-3/h2-6,13,19H,7-11H2,1H3,(H,17,20)(H,21,22);1H,(H,2,3)/t13-,16+;/m0./s1. The first-order valence-electron chi connectivity index (χ1n) is 7.85. The Hall–Kier alpha value is -2.45. The third-order valence-electron chi connectivity index (χ3n) is 4.38. The van der Waals surface area contributed by atoms with Crippen molar-refractivity contribution in [1.29, 1.82) is 0 Å². The van der Waals surface area contributed by atoms with Gasteiger partial charge in [0.25, 0.3) is 6.47 Å². The monoisotopic (exact) mass is 352 g/mol. The Bertz CT molecular complexity index is 580. The van der Waals surface area contributed by atoms with Gasteiger partial charge in [0.2, 0.25) is 5.91 Å². The summed E-state index contributed by atoms with van der Waals surface area (Å²) in [7, 11) is 1.56. The molecule has 1 aromatic carbocycles. The van der Waals surface area contributed by atoms with Crippen molar-refractivity contribution >= 4 is 18.3 Å². The number of aliphatic hydroxyl groups excluding tert-OH is 1. The van der Waals surface area contributed by atoms with Gasteiger partial charge >= 0.3 is 5.97 Å². The van der Waals surface area contributed by atoms with Crippen LogP contribution in [-0.2, 0) is 20.8 Å². The summed E-state index contributed by atoms with van der Waals surface area (Å²) in [6.07, 6.45) is -0.406. The predicted octanol–water partition coefficient (Wildman–Crippen LogP) is -0.186. The van der Waals surface area contributed by atoms with E-state index in [1.807, 2.05) is 30.3 Å². The van der Waals surface area contributed by atoms with Gasteiger partial charge in [-0.15, -0.1) is 0 Å². The van der Waals surface area contributed by atoms with Crippen LogP contribution in [0.3, 0.4) is 0 Å². The highest BCUT2D eigenvalue weighted by molar-refractivity contribution is 5.78. The summed E-state index contributed by atoms with van der Waals surface area (Å²) >= 11 is 0. The zero-order chi connectivity index (χ0) is 18.9. The maximum Gasteiger partial charge on any atom is 0.312 e. The number of nitrogens with one attached hydrogen (secondary N) is 1. The molecule has 0 unspecified atom stereocenters. The molecular formula is C17H24N2O6. The van der Waals surface area contributed by atoms with Gasteiger partial charge in [0, 0.05) is 13.6 Å². The maximum absolute atomic E-state index is 11.8. The van der Waals surface area contributed by atoms with Gasteiger partial charge in [0.05, 0.1) is 12.6 Å². The number of amides is 1. The van der Waals surface area contributed by atoms with Crippen molar-refractivity contribution in [1.82, 2.24) is 10.2 Å². The van der Waals surface area contributed by atoms with Crippen LogP contribution in [-0.4, -0.2) is 71.4 Å². The molecule has 0 bridgehead atoms. The summed E-state index contributed by atoms with van der Waals surface area (Å²) < 4.78 is 0. The highest BCUT2D eigenvalue weighted by Crippen LogP contribution is 2.36. The largest absolute Gasteiger partial charge is 0.483 e. The number of likely N-dealkylation sites (N-methyl/N-ethyl adjacent to an activating group) is 1. The Labute approximate surface area is 146 Å². The van der Waals surface area contributed by atoms with Crippen LogP contribution in [0.15, 0.2) is 30.3 Å². The summed E-state index contributed by atoms with van der Waals surface area (Å²) in [5.74, 6) is -1.12. The predicted molar refractivity (Wildman–Crippen MR) is 90.0 cm³/mol. The lowest BCUT2D eigenvalue weighted by atomic mass is 9.71. The summed E-state index contributed by atoms with van der Waals surface area (Å²) in [5.41, 5.74) is -0.302. The van der Waals surface area contributed by atoms with Gasteiger partial charge < -0.3 is 20.6 Å². The van der Waals surface area contributed by atoms with Crippen LogP contribution in [0.5, 0.6) is 0 Å². The third-order valence-corrected chi connectivity index (χ3v) is 4.38. The summed E-state index contributed by atoms with van der Waals surface area (Å²) in [6.45, 7) is 0.588. The number of aliphatic hydroxyl groups is 1. The molecule has 0 spiro atoms. The van der Waals surface area contributed by atoms with E-state index in [9.17, 15) is 19.8 Å². The van der Waals surface area contributed by atoms with E-state index in [1.165, 1.54) is 0 Å². The quantitative estimate of drug-likeness (QED) is 0.541. The number of benzene rings is 1. The second-order valence-electron chi connectivity index (χ2n) is 5.90. The van der Waals surface area contributed by atoms with E-state index in [1.54, 1.807) is 11.9 Å². The van der Waals surface area contributed by atoms with Crippen LogP contribution in [0.2, 0.25) is 0 Å². The molecule has 0 saturated carbocycles. The average molecular weight is 352 g/mol. The summed E-state index contributed by atoms with van der Waals surface area (Å²) in [4.78, 5) is 33.4. The first-order valence-corrected chi connectivity index (χ1v) is 7.85. The van der Waals surface area contributed by atoms with E-state index < -0.39 is 17.5 Å². The van der Waals surface area contributed by atoms with Gasteiger partial charge in [-0.2, -0.15) is 0 Å². The van der Waals surface area contributed by atoms with Gasteiger partial charge in [-0.05, 0) is 24.9 Å². The lowest BCUT2D eigenvalue weighted by Gasteiger charge is -2.42. The minimum absolute atomic E-state index is 0.141. The lowest BCUT2D eigenvalue weighted by Crippen LogP contribution is -2.57. The second-order valence-corrected chi connectivity index (χ2v) is 5.90. The van der Waals surface area contributed by atoms with Crippen molar-refractivity contribution in [2.75, 3.05) is 26.7 Å². The number of rotatable bonds is 5. The smallest absolute Gasteiger partial charge is 0.312 e. The fraction of sp³-hybridized carbons (Fsp3) is 0.471. The van der Waals surface area contributed by atoms with Crippen molar-refractivity contribution in [3.05, 3.63) is 35.9 Å². The van der Waals surface area contributed by atoms with Crippen molar-refractivity contribution in [2.45, 2.75) is 18.9 Å². The average Bonchev–Trinajstić information content (AvgIpc) is 2.58. The number of hydrogen-bond acceptors (Lipinski definition) is 5. The number of aliphatic carboxylic acids is 1. The van der Waals surface area contributed by atoms with Crippen LogP contribution in [0, 0.1) is 5.41 Å². The first-order chi connectivity index (χ1) is 11.9. The number of carbonyl (C=O) groups is 3. The van der Waals surface area contributed by atoms with E-state index in [4.69, 9.17) is 9.90 Å². The van der Waals surface area contributed by atoms with Crippen LogP contribution >= 0.6 is 0 Å². The number of carboxylic acid groups (broad SMARTS) is 2. The molecule has 0 radical (unpaired) electrons. The molecule has 138 valence electrons. The lowest BCUT2D eigenvalue weighted by molar-refractivity contribution is -0.163. The molecule has 1 fully saturated rings. The molecule has 0 aromatic heterocycles. The molecule has 1 aliphatic rings. The summed E-state index contributed by atoms with van der Waals surface area (Å²) in [5, 5.41) is 29.6. The second kappa shape index (κ2) is 9.75. The minimum atomic E-state index is -1.19. The van der Waals surface area contributed by atoms with Crippen LogP contribution in [0.1, 0.15) is 12.0 Å². The molecule has 8 heteroatoms. The van der Waals surface area contributed by atoms with Crippen molar-refractivity contribution in [3.8, 4) is 0 Å². The van der Waals surface area contributed by atoms with Gasteiger partial charge in [-0.3, -0.25) is 19.3 Å². The number of β-amino-alcohol motifs (C(OH)–C–C–N with tert-alkyl or cyclic N) is 1. The Morgan fingerprint density at radius 2 is 1.96 bits per heavy atom. The molecule has 1 saturated heterocycles. The number of nitrogens with zero attached hydrogens (tertiary/aromatic N) is 1. The zero-order valence-electron chi connectivity index (χ0n) is 14.1. The first kappa shape index (κ1) is 20.6. The van der Waals surface area contributed by atoms with Crippen LogP contribution < -0.4 is 5.32 Å². The number of likely N-dealkylation sites (tertiary alicyclic amines) is 1. The van der Waals surface area contributed by atoms with E-state index >= 15 is 0 Å². The molecule has 1 amide bonds. The highest BCUT2D eigenvalue weighted by Gasteiger charge is 2.48. The van der Waals surface area contributed by atoms with Crippen molar-refractivity contribution in [2.24, 2.45) is 5.41 Å². The van der Waals surface area contributed by atoms with Crippen molar-refractivity contribution < 1.29 is 29.7 Å². The van der Waals surface area contributed by atoms with E-state index in [2.05, 4.69) is 5.32 Å². The molecule has 25 heavy (non-hydrogen) atoms.